The van der Waals surface area contributed by atoms with Gasteiger partial charge < -0.3 is 5.73 Å². The van der Waals surface area contributed by atoms with Crippen LogP contribution in [0.25, 0.3) is 0 Å². The average Bonchev–Trinajstić information content (AvgIpc) is 2.84. The fourth-order valence-electron chi connectivity index (χ4n) is 2.41. The van der Waals surface area contributed by atoms with E-state index in [1.54, 1.807) is 26.0 Å². The largest absolute Gasteiger partial charge is 0.369 e. The Morgan fingerprint density at radius 3 is 2.67 bits per heavy atom. The molecule has 1 unspecified atom stereocenters. The van der Waals surface area contributed by atoms with E-state index in [2.05, 4.69) is 0 Å². The highest BCUT2D eigenvalue weighted by atomic mass is 32.2. The third-order valence-electron chi connectivity index (χ3n) is 3.97. The Hall–Kier alpha value is -1.91. The molecule has 1 aromatic rings. The van der Waals surface area contributed by atoms with Gasteiger partial charge in [0.1, 0.15) is 0 Å². The van der Waals surface area contributed by atoms with E-state index in [0.29, 0.717) is 12.0 Å². The summed E-state index contributed by atoms with van der Waals surface area (Å²) in [6.45, 7) is 3.67. The van der Waals surface area contributed by atoms with Gasteiger partial charge in [-0.15, -0.1) is 0 Å². The van der Waals surface area contributed by atoms with Gasteiger partial charge in [0, 0.05) is 13.1 Å². The zero-order valence-electron chi connectivity index (χ0n) is 12.0. The molecular formula is C14H17N3O3S. The third kappa shape index (κ3) is 2.64. The third-order valence-corrected chi connectivity index (χ3v) is 5.96. The summed E-state index contributed by atoms with van der Waals surface area (Å²) in [4.78, 5) is 11.6. The van der Waals surface area contributed by atoms with E-state index in [0.717, 1.165) is 0 Å². The number of primary amides is 1. The standard InChI is InChI=1S/C14H17N3O3S/c1-10-3-4-11(8-15)7-12(10)21(19,20)17-6-5-14(2,9-17)13(16)18/h3-4,7H,5-6,9H2,1-2H3,(H2,16,18). The Morgan fingerprint density at radius 1 is 1.48 bits per heavy atom. The molecule has 1 saturated heterocycles. The van der Waals surface area contributed by atoms with Crippen molar-refractivity contribution in [2.24, 2.45) is 11.1 Å². The van der Waals surface area contributed by atoms with Crippen LogP contribution in [-0.4, -0.2) is 31.7 Å². The Kier molecular flexibility index (Phi) is 3.78. The molecule has 1 fully saturated rings. The van der Waals surface area contributed by atoms with Gasteiger partial charge in [-0.25, -0.2) is 8.42 Å². The predicted octanol–water partition coefficient (Wildman–Crippen LogP) is 0.753. The number of hydrogen-bond donors (Lipinski definition) is 1. The van der Waals surface area contributed by atoms with Gasteiger partial charge in [0.25, 0.3) is 0 Å². The maximum Gasteiger partial charge on any atom is 0.243 e. The number of amides is 1. The highest BCUT2D eigenvalue weighted by Gasteiger charge is 2.43. The summed E-state index contributed by atoms with van der Waals surface area (Å²) in [5.74, 6) is -0.498. The molecular weight excluding hydrogens is 290 g/mol. The Bertz CT molecular complexity index is 736. The molecule has 2 rings (SSSR count). The molecule has 0 aliphatic carbocycles. The molecule has 7 heteroatoms. The SMILES string of the molecule is Cc1ccc(C#N)cc1S(=O)(=O)N1CCC(C)(C(N)=O)C1. The molecule has 1 aromatic carbocycles. The van der Waals surface area contributed by atoms with Gasteiger partial charge in [-0.05, 0) is 38.0 Å². The second-order valence-electron chi connectivity index (χ2n) is 5.61. The molecule has 1 aliphatic heterocycles. The van der Waals surface area contributed by atoms with Crippen LogP contribution >= 0.6 is 0 Å². The van der Waals surface area contributed by atoms with E-state index in [-0.39, 0.29) is 23.5 Å². The number of nitriles is 1. The molecule has 0 saturated carbocycles. The molecule has 0 aromatic heterocycles. The van der Waals surface area contributed by atoms with Crippen molar-refractivity contribution in [3.8, 4) is 6.07 Å². The number of hydrogen-bond acceptors (Lipinski definition) is 4. The summed E-state index contributed by atoms with van der Waals surface area (Å²) in [5.41, 5.74) is 5.37. The van der Waals surface area contributed by atoms with Crippen LogP contribution in [0.5, 0.6) is 0 Å². The zero-order chi connectivity index (χ0) is 15.8. The molecule has 0 spiro atoms. The van der Waals surface area contributed by atoms with E-state index in [1.165, 1.54) is 10.4 Å². The fraction of sp³-hybridized carbons (Fsp3) is 0.429. The minimum absolute atomic E-state index is 0.0703. The summed E-state index contributed by atoms with van der Waals surface area (Å²) in [6.07, 6.45) is 0.401. The van der Waals surface area contributed by atoms with Gasteiger partial charge in [-0.2, -0.15) is 9.57 Å². The van der Waals surface area contributed by atoms with Crippen LogP contribution in [0, 0.1) is 23.7 Å². The number of carbonyl (C=O) groups excluding carboxylic acids is 1. The highest BCUT2D eigenvalue weighted by Crippen LogP contribution is 2.34. The molecule has 1 heterocycles. The smallest absolute Gasteiger partial charge is 0.243 e. The molecule has 6 nitrogen and oxygen atoms in total. The first-order valence-corrected chi connectivity index (χ1v) is 7.95. The lowest BCUT2D eigenvalue weighted by molar-refractivity contribution is -0.126. The van der Waals surface area contributed by atoms with Crippen molar-refractivity contribution in [1.82, 2.24) is 4.31 Å². The van der Waals surface area contributed by atoms with Gasteiger partial charge >= 0.3 is 0 Å². The van der Waals surface area contributed by atoms with Crippen LogP contribution in [0.15, 0.2) is 23.1 Å². The van der Waals surface area contributed by atoms with Crippen LogP contribution in [0.1, 0.15) is 24.5 Å². The summed E-state index contributed by atoms with van der Waals surface area (Å²) in [7, 11) is -3.73. The highest BCUT2D eigenvalue weighted by molar-refractivity contribution is 7.89. The summed E-state index contributed by atoms with van der Waals surface area (Å²) >= 11 is 0. The normalized spacial score (nSPS) is 22.9. The minimum atomic E-state index is -3.73. The van der Waals surface area contributed by atoms with Gasteiger partial charge in [-0.1, -0.05) is 6.07 Å². The predicted molar refractivity (Wildman–Crippen MR) is 76.6 cm³/mol. The van der Waals surface area contributed by atoms with E-state index < -0.39 is 21.3 Å². The minimum Gasteiger partial charge on any atom is -0.369 e. The average molecular weight is 307 g/mol. The van der Waals surface area contributed by atoms with Crippen LogP contribution in [0.4, 0.5) is 0 Å². The van der Waals surface area contributed by atoms with Crippen LogP contribution < -0.4 is 5.73 Å². The van der Waals surface area contributed by atoms with Crippen LogP contribution in [0.3, 0.4) is 0 Å². The first kappa shape index (κ1) is 15.5. The maximum atomic E-state index is 12.7. The molecule has 2 N–H and O–H groups in total. The second-order valence-corrected chi connectivity index (χ2v) is 7.51. The summed E-state index contributed by atoms with van der Waals surface area (Å²) < 4.78 is 26.7. The first-order valence-electron chi connectivity index (χ1n) is 6.51. The van der Waals surface area contributed by atoms with Gasteiger partial charge in [-0.3, -0.25) is 4.79 Å². The van der Waals surface area contributed by atoms with Crippen molar-refractivity contribution in [2.45, 2.75) is 25.2 Å². The molecule has 1 atom stereocenters. The van der Waals surface area contributed by atoms with Crippen molar-refractivity contribution < 1.29 is 13.2 Å². The topological polar surface area (TPSA) is 104 Å². The Morgan fingerprint density at radius 2 is 2.14 bits per heavy atom. The van der Waals surface area contributed by atoms with Crippen molar-refractivity contribution >= 4 is 15.9 Å². The van der Waals surface area contributed by atoms with E-state index in [1.807, 2.05) is 6.07 Å². The number of aryl methyl sites for hydroxylation is 1. The van der Waals surface area contributed by atoms with E-state index >= 15 is 0 Å². The number of sulfonamides is 1. The number of carbonyl (C=O) groups is 1. The first-order chi connectivity index (χ1) is 9.70. The lowest BCUT2D eigenvalue weighted by Crippen LogP contribution is -2.38. The number of benzene rings is 1. The number of nitrogens with two attached hydrogens (primary N) is 1. The fourth-order valence-corrected chi connectivity index (χ4v) is 4.23. The van der Waals surface area contributed by atoms with Crippen molar-refractivity contribution in [1.29, 1.82) is 5.26 Å². The Labute approximate surface area is 124 Å². The van der Waals surface area contributed by atoms with Crippen LogP contribution in [0.2, 0.25) is 0 Å². The number of rotatable bonds is 3. The lowest BCUT2D eigenvalue weighted by Gasteiger charge is -2.21. The number of nitrogens with zero attached hydrogens (tertiary/aromatic N) is 2. The van der Waals surface area contributed by atoms with Gasteiger partial charge in [0.15, 0.2) is 0 Å². The van der Waals surface area contributed by atoms with Crippen molar-refractivity contribution in [2.75, 3.05) is 13.1 Å². The van der Waals surface area contributed by atoms with Crippen molar-refractivity contribution in [3.63, 3.8) is 0 Å². The summed E-state index contributed by atoms with van der Waals surface area (Å²) in [5, 5.41) is 8.92. The van der Waals surface area contributed by atoms with E-state index in [4.69, 9.17) is 11.0 Å². The van der Waals surface area contributed by atoms with E-state index in [9.17, 15) is 13.2 Å². The molecule has 112 valence electrons. The lowest BCUT2D eigenvalue weighted by atomic mass is 9.89. The van der Waals surface area contributed by atoms with Gasteiger partial charge in [0.2, 0.25) is 15.9 Å². The quantitative estimate of drug-likeness (QED) is 0.889. The molecule has 1 aliphatic rings. The van der Waals surface area contributed by atoms with Gasteiger partial charge in [0.05, 0.1) is 21.9 Å². The zero-order valence-corrected chi connectivity index (χ0v) is 12.8. The monoisotopic (exact) mass is 307 g/mol. The molecule has 0 radical (unpaired) electrons. The summed E-state index contributed by atoms with van der Waals surface area (Å²) in [6, 6.07) is 6.48. The van der Waals surface area contributed by atoms with Crippen LogP contribution in [-0.2, 0) is 14.8 Å². The maximum absolute atomic E-state index is 12.7. The molecule has 0 bridgehead atoms. The molecule has 1 amide bonds. The Balaban J connectivity index is 2.41. The molecule has 21 heavy (non-hydrogen) atoms. The second kappa shape index (κ2) is 5.13. The van der Waals surface area contributed by atoms with Crippen molar-refractivity contribution in [3.05, 3.63) is 29.3 Å².